The molecule has 2 amide bonds. The summed E-state index contributed by atoms with van der Waals surface area (Å²) < 4.78 is 28.9. The van der Waals surface area contributed by atoms with Crippen molar-refractivity contribution in [1.29, 1.82) is 0 Å². The van der Waals surface area contributed by atoms with Gasteiger partial charge in [-0.2, -0.15) is 0 Å². The lowest BCUT2D eigenvalue weighted by atomic mass is 10.0. The zero-order valence-electron chi connectivity index (χ0n) is 31.8. The van der Waals surface area contributed by atoms with E-state index < -0.39 is 0 Å². The van der Waals surface area contributed by atoms with E-state index in [4.69, 9.17) is 33.7 Å². The van der Waals surface area contributed by atoms with Crippen molar-refractivity contribution in [3.8, 4) is 28.7 Å². The van der Waals surface area contributed by atoms with Crippen LogP contribution in [0.15, 0.2) is 95.2 Å². The number of benzene rings is 4. The molecule has 0 saturated heterocycles. The van der Waals surface area contributed by atoms with Gasteiger partial charge in [0.25, 0.3) is 11.8 Å². The highest BCUT2D eigenvalue weighted by atomic mass is 16.5. The highest BCUT2D eigenvalue weighted by Crippen LogP contribution is 2.42. The average Bonchev–Trinajstić information content (AvgIpc) is 3.81. The number of nitrogens with zero attached hydrogens (tertiary/aromatic N) is 4. The summed E-state index contributed by atoms with van der Waals surface area (Å²) in [5.41, 5.74) is 7.23. The van der Waals surface area contributed by atoms with E-state index in [1.807, 2.05) is 49.1 Å². The minimum absolute atomic E-state index is 0.143. The zero-order valence-corrected chi connectivity index (χ0v) is 31.8. The Morgan fingerprint density at radius 1 is 0.643 bits per heavy atom. The van der Waals surface area contributed by atoms with E-state index in [1.165, 1.54) is 0 Å². The molecule has 4 aliphatic heterocycles. The molecule has 8 rings (SSSR count). The number of carbonyl (C=O) groups excluding carboxylic acids is 2. The van der Waals surface area contributed by atoms with Crippen molar-refractivity contribution in [2.45, 2.75) is 38.3 Å². The van der Waals surface area contributed by atoms with Crippen LogP contribution >= 0.6 is 0 Å². The van der Waals surface area contributed by atoms with Crippen LogP contribution in [0.5, 0.6) is 28.7 Å². The van der Waals surface area contributed by atoms with E-state index in [2.05, 4.69) is 36.5 Å². The number of anilines is 1. The number of carbonyl (C=O) groups is 2. The number of fused-ring (bicyclic) bond motifs is 4. The molecule has 1 N–H and O–H groups in total. The summed E-state index contributed by atoms with van der Waals surface area (Å²) in [6.45, 7) is 3.54. The molecule has 0 unspecified atom stereocenters. The minimum Gasteiger partial charge on any atom is -0.497 e. The third-order valence-corrected chi connectivity index (χ3v) is 10.3. The number of hydrogen-bond acceptors (Lipinski definition) is 10. The summed E-state index contributed by atoms with van der Waals surface area (Å²) >= 11 is 0. The Kier molecular flexibility index (Phi) is 10.2. The summed E-state index contributed by atoms with van der Waals surface area (Å²) in [6, 6.07) is 22.6. The van der Waals surface area contributed by atoms with E-state index >= 15 is 0 Å². The van der Waals surface area contributed by atoms with Crippen molar-refractivity contribution in [2.24, 2.45) is 9.98 Å². The van der Waals surface area contributed by atoms with Crippen LogP contribution in [-0.2, 0) is 0 Å². The predicted octanol–water partition coefficient (Wildman–Crippen LogP) is 7.94. The Morgan fingerprint density at radius 3 is 1.57 bits per heavy atom. The van der Waals surface area contributed by atoms with Crippen molar-refractivity contribution in [3.05, 3.63) is 107 Å². The van der Waals surface area contributed by atoms with Crippen molar-refractivity contribution in [1.82, 2.24) is 9.80 Å². The molecule has 0 bridgehead atoms. The molecule has 4 aliphatic rings. The van der Waals surface area contributed by atoms with Crippen LogP contribution in [-0.4, -0.2) is 87.2 Å². The smallest absolute Gasteiger partial charge is 0.260 e. The molecule has 4 aromatic rings. The maximum Gasteiger partial charge on any atom is 0.260 e. The molecule has 0 saturated carbocycles. The highest BCUT2D eigenvalue weighted by Gasteiger charge is 2.35. The molecular formula is C44H43N5O7. The Labute approximate surface area is 325 Å². The number of methoxy groups -OCH3 is 3. The highest BCUT2D eigenvalue weighted by molar-refractivity contribution is 6.06. The second-order valence-corrected chi connectivity index (χ2v) is 13.8. The monoisotopic (exact) mass is 753 g/mol. The topological polar surface area (TPSA) is 124 Å². The van der Waals surface area contributed by atoms with Crippen LogP contribution in [0.1, 0.15) is 58.0 Å². The molecule has 4 aromatic carbocycles. The quantitative estimate of drug-likeness (QED) is 0.137. The van der Waals surface area contributed by atoms with Crippen LogP contribution in [0, 0.1) is 0 Å². The van der Waals surface area contributed by atoms with E-state index in [-0.39, 0.29) is 23.9 Å². The number of rotatable bonds is 13. The van der Waals surface area contributed by atoms with Crippen LogP contribution in [0.3, 0.4) is 0 Å². The van der Waals surface area contributed by atoms with Gasteiger partial charge in [-0.25, -0.2) is 0 Å². The van der Waals surface area contributed by atoms with Crippen LogP contribution in [0.2, 0.25) is 0 Å². The number of aliphatic imine (C=N–C) groups is 2. The first-order chi connectivity index (χ1) is 27.4. The second kappa shape index (κ2) is 15.7. The summed E-state index contributed by atoms with van der Waals surface area (Å²) in [6.07, 6.45) is 9.32. The predicted molar refractivity (Wildman–Crippen MR) is 217 cm³/mol. The van der Waals surface area contributed by atoms with Crippen LogP contribution < -0.4 is 29.0 Å². The molecule has 2 atom stereocenters. The maximum atomic E-state index is 13.8. The summed E-state index contributed by atoms with van der Waals surface area (Å²) in [5.74, 6) is 2.32. The second-order valence-electron chi connectivity index (χ2n) is 13.8. The Morgan fingerprint density at radius 2 is 1.12 bits per heavy atom. The van der Waals surface area contributed by atoms with Gasteiger partial charge in [0.05, 0.1) is 69.1 Å². The van der Waals surface area contributed by atoms with Crippen molar-refractivity contribution in [3.63, 3.8) is 0 Å². The fraction of sp³-hybridized carbons (Fsp3) is 0.273. The van der Waals surface area contributed by atoms with Gasteiger partial charge in [-0.05, 0) is 65.6 Å². The Balaban J connectivity index is 0.901. The normalized spacial score (nSPS) is 17.9. The molecule has 12 nitrogen and oxygen atoms in total. The van der Waals surface area contributed by atoms with Crippen molar-refractivity contribution >= 4 is 52.5 Å². The van der Waals surface area contributed by atoms with Gasteiger partial charge in [-0.15, -0.1) is 0 Å². The summed E-state index contributed by atoms with van der Waals surface area (Å²) in [5, 5.41) is 3.31. The number of nitrogens with one attached hydrogen (secondary N) is 1. The molecule has 0 spiro atoms. The minimum atomic E-state index is -0.202. The number of amides is 2. The van der Waals surface area contributed by atoms with Crippen LogP contribution in [0.25, 0.3) is 11.1 Å². The molecule has 0 fully saturated rings. The van der Waals surface area contributed by atoms with Gasteiger partial charge in [0, 0.05) is 68.5 Å². The fourth-order valence-electron chi connectivity index (χ4n) is 7.38. The molecule has 0 aliphatic carbocycles. The summed E-state index contributed by atoms with van der Waals surface area (Å²) in [4.78, 5) is 40.5. The third kappa shape index (κ3) is 7.05. The van der Waals surface area contributed by atoms with Gasteiger partial charge in [-0.3, -0.25) is 19.6 Å². The fourth-order valence-corrected chi connectivity index (χ4v) is 7.38. The number of ether oxygens (including phenoxy) is 5. The molecule has 56 heavy (non-hydrogen) atoms. The molecular weight excluding hydrogens is 711 g/mol. The lowest BCUT2D eigenvalue weighted by molar-refractivity contribution is 0.0809. The average molecular weight is 754 g/mol. The Bertz CT molecular complexity index is 2280. The summed E-state index contributed by atoms with van der Waals surface area (Å²) in [7, 11) is 4.73. The molecule has 0 aromatic heterocycles. The van der Waals surface area contributed by atoms with E-state index in [0.717, 1.165) is 40.3 Å². The molecule has 0 radical (unpaired) electrons. The molecule has 286 valence electrons. The van der Waals surface area contributed by atoms with Crippen molar-refractivity contribution < 1.29 is 33.3 Å². The Hall–Kier alpha value is -6.56. The van der Waals surface area contributed by atoms with Gasteiger partial charge >= 0.3 is 0 Å². The van der Waals surface area contributed by atoms with Gasteiger partial charge in [0.1, 0.15) is 5.75 Å². The molecule has 12 heteroatoms. The van der Waals surface area contributed by atoms with Gasteiger partial charge in [0.2, 0.25) is 0 Å². The van der Waals surface area contributed by atoms with Gasteiger partial charge in [0.15, 0.2) is 23.0 Å². The lowest BCUT2D eigenvalue weighted by Gasteiger charge is -2.19. The van der Waals surface area contributed by atoms with E-state index in [1.54, 1.807) is 55.4 Å². The van der Waals surface area contributed by atoms with E-state index in [9.17, 15) is 9.59 Å². The zero-order chi connectivity index (χ0) is 38.8. The van der Waals surface area contributed by atoms with Gasteiger partial charge < -0.3 is 38.8 Å². The SMILES string of the molecule is CCNc1ccc(C2=CN3C(=O)c4cc(OC)c(OCCCOc5cc6c(cc5OC)C(=O)N5C=C(c7ccc(OC)cc7)C[C@H]5C=N6)cc4N=C[C@@H]3C2)cc1. The third-order valence-electron chi connectivity index (χ3n) is 10.3. The van der Waals surface area contributed by atoms with Crippen molar-refractivity contribution in [2.75, 3.05) is 46.4 Å². The first-order valence-corrected chi connectivity index (χ1v) is 18.7. The van der Waals surface area contributed by atoms with Crippen LogP contribution in [0.4, 0.5) is 17.1 Å². The van der Waals surface area contributed by atoms with E-state index in [0.29, 0.717) is 78.0 Å². The molecule has 4 heterocycles. The first-order valence-electron chi connectivity index (χ1n) is 18.7. The largest absolute Gasteiger partial charge is 0.497 e. The van der Waals surface area contributed by atoms with Gasteiger partial charge in [-0.1, -0.05) is 24.3 Å². The number of hydrogen-bond donors (Lipinski definition) is 1. The standard InChI is InChI=1S/C44H43N5O7/c1-5-45-31-11-7-27(8-12-31)29-17-32-23-46-37-21-41(39(53-3)19-35(37)43(50)48(32)25-29)55-15-6-16-56-42-22-38-36(20-40(42)54-4)44(51)49-26-30(18-33(49)24-47-38)28-9-13-34(52-2)14-10-28/h7-14,19-26,32-33,45H,5-6,15-18H2,1-4H3/t32-,33-/m0/s1. The maximum absolute atomic E-state index is 13.8. The lowest BCUT2D eigenvalue weighted by Crippen LogP contribution is -2.32. The first kappa shape index (κ1) is 36.4.